The molecule has 0 unspecified atom stereocenters. The topological polar surface area (TPSA) is 57.6 Å². The number of carbonyl (C=O) groups is 2. The second-order valence-corrected chi connectivity index (χ2v) is 5.21. The number of amides is 1. The Kier molecular flexibility index (Phi) is 4.20. The molecule has 1 aliphatic carbocycles. The van der Waals surface area contributed by atoms with Gasteiger partial charge in [0.1, 0.15) is 6.54 Å². The number of nitrogens with zero attached hydrogens (tertiary/aromatic N) is 1. The quantitative estimate of drug-likeness (QED) is 0.849. The molecule has 4 nitrogen and oxygen atoms in total. The minimum atomic E-state index is -0.949. The molecule has 2 atom stereocenters. The van der Waals surface area contributed by atoms with Gasteiger partial charge in [-0.2, -0.15) is 0 Å². The fraction of sp³-hybridized carbons (Fsp3) is 0.467. The first-order valence-electron chi connectivity index (χ1n) is 6.62. The molecule has 0 radical (unpaired) electrons. The van der Waals surface area contributed by atoms with E-state index in [2.05, 4.69) is 0 Å². The number of benzene rings is 1. The first-order chi connectivity index (χ1) is 9.08. The number of hydrogen-bond acceptors (Lipinski definition) is 2. The molecule has 0 saturated heterocycles. The molecule has 0 aliphatic heterocycles. The molecule has 1 saturated carbocycles. The highest BCUT2D eigenvalue weighted by molar-refractivity contribution is 5.85. The van der Waals surface area contributed by atoms with E-state index in [0.29, 0.717) is 18.9 Å². The highest BCUT2D eigenvalue weighted by Gasteiger charge is 2.41. The van der Waals surface area contributed by atoms with Crippen LogP contribution in [0.5, 0.6) is 0 Å². The molecule has 1 fully saturated rings. The Hall–Kier alpha value is -1.84. The molecule has 0 bridgehead atoms. The van der Waals surface area contributed by atoms with Crippen molar-refractivity contribution in [1.82, 2.24) is 4.90 Å². The summed E-state index contributed by atoms with van der Waals surface area (Å²) in [4.78, 5) is 24.5. The summed E-state index contributed by atoms with van der Waals surface area (Å²) in [5.74, 6) is -0.517. The highest BCUT2D eigenvalue weighted by atomic mass is 16.4. The van der Waals surface area contributed by atoms with Gasteiger partial charge in [0.25, 0.3) is 0 Å². The Morgan fingerprint density at radius 1 is 1.32 bits per heavy atom. The van der Waals surface area contributed by atoms with Crippen molar-refractivity contribution in [3.8, 4) is 0 Å². The summed E-state index contributed by atoms with van der Waals surface area (Å²) >= 11 is 0. The first kappa shape index (κ1) is 13.6. The Bertz CT molecular complexity index is 458. The van der Waals surface area contributed by atoms with Crippen molar-refractivity contribution in [2.75, 3.05) is 13.1 Å². The zero-order valence-electron chi connectivity index (χ0n) is 11.1. The lowest BCUT2D eigenvalue weighted by molar-refractivity contribution is -0.145. The van der Waals surface area contributed by atoms with Crippen molar-refractivity contribution < 1.29 is 14.7 Å². The van der Waals surface area contributed by atoms with Crippen LogP contribution >= 0.6 is 0 Å². The van der Waals surface area contributed by atoms with Crippen LogP contribution in [-0.4, -0.2) is 35.0 Å². The number of carboxylic acids is 1. The molecule has 4 heteroatoms. The molecule has 2 rings (SSSR count). The van der Waals surface area contributed by atoms with Crippen molar-refractivity contribution >= 4 is 11.9 Å². The maximum absolute atomic E-state index is 12.1. The van der Waals surface area contributed by atoms with Gasteiger partial charge in [0.2, 0.25) is 5.91 Å². The fourth-order valence-corrected chi connectivity index (χ4v) is 2.24. The molecular formula is C15H19NO3. The Labute approximate surface area is 113 Å². The van der Waals surface area contributed by atoms with Crippen molar-refractivity contribution in [3.63, 3.8) is 0 Å². The third-order valence-corrected chi connectivity index (χ3v) is 3.58. The number of carboxylic acid groups (broad SMARTS) is 1. The van der Waals surface area contributed by atoms with Gasteiger partial charge >= 0.3 is 5.97 Å². The molecule has 0 aromatic heterocycles. The van der Waals surface area contributed by atoms with Crippen molar-refractivity contribution in [1.29, 1.82) is 0 Å². The number of rotatable bonds is 6. The smallest absolute Gasteiger partial charge is 0.323 e. The van der Waals surface area contributed by atoms with Gasteiger partial charge in [-0.05, 0) is 24.3 Å². The lowest BCUT2D eigenvalue weighted by atomic mass is 10.1. The molecule has 1 aromatic rings. The van der Waals surface area contributed by atoms with Gasteiger partial charge in [0, 0.05) is 12.5 Å². The molecule has 0 heterocycles. The van der Waals surface area contributed by atoms with Gasteiger partial charge < -0.3 is 10.0 Å². The van der Waals surface area contributed by atoms with E-state index in [4.69, 9.17) is 5.11 Å². The van der Waals surface area contributed by atoms with Crippen LogP contribution in [0, 0.1) is 11.8 Å². The van der Waals surface area contributed by atoms with Crippen LogP contribution in [0.1, 0.15) is 18.9 Å². The molecular weight excluding hydrogens is 242 g/mol. The summed E-state index contributed by atoms with van der Waals surface area (Å²) in [5.41, 5.74) is 1.12. The minimum Gasteiger partial charge on any atom is -0.480 e. The van der Waals surface area contributed by atoms with Gasteiger partial charge in [-0.25, -0.2) is 0 Å². The summed E-state index contributed by atoms with van der Waals surface area (Å²) in [6.07, 6.45) is 1.58. The van der Waals surface area contributed by atoms with E-state index in [1.54, 1.807) is 0 Å². The van der Waals surface area contributed by atoms with E-state index < -0.39 is 5.97 Å². The average molecular weight is 261 g/mol. The maximum Gasteiger partial charge on any atom is 0.323 e. The Morgan fingerprint density at radius 2 is 1.95 bits per heavy atom. The van der Waals surface area contributed by atoms with E-state index in [1.165, 1.54) is 4.90 Å². The number of hydrogen-bond donors (Lipinski definition) is 1. The van der Waals surface area contributed by atoms with Crippen LogP contribution in [0.2, 0.25) is 0 Å². The maximum atomic E-state index is 12.1. The lowest BCUT2D eigenvalue weighted by Gasteiger charge is -2.20. The first-order valence-corrected chi connectivity index (χ1v) is 6.62. The minimum absolute atomic E-state index is 0.00849. The summed E-state index contributed by atoms with van der Waals surface area (Å²) in [5, 5.41) is 8.90. The molecule has 1 amide bonds. The zero-order valence-corrected chi connectivity index (χ0v) is 11.1. The largest absolute Gasteiger partial charge is 0.480 e. The highest BCUT2D eigenvalue weighted by Crippen LogP contribution is 2.39. The van der Waals surface area contributed by atoms with Crippen LogP contribution < -0.4 is 0 Å². The van der Waals surface area contributed by atoms with Crippen molar-refractivity contribution in [2.45, 2.75) is 19.8 Å². The van der Waals surface area contributed by atoms with Gasteiger partial charge in [0.15, 0.2) is 0 Å². The predicted octanol–water partition coefficient (Wildman–Crippen LogP) is 1.80. The molecule has 0 spiro atoms. The summed E-state index contributed by atoms with van der Waals surface area (Å²) in [7, 11) is 0. The van der Waals surface area contributed by atoms with E-state index in [0.717, 1.165) is 12.0 Å². The SMILES string of the molecule is C[C@H]1C[C@H]1C(=O)N(CCc1ccccc1)CC(=O)O. The number of carbonyl (C=O) groups excluding carboxylic acids is 1. The van der Waals surface area contributed by atoms with Crippen molar-refractivity contribution in [2.24, 2.45) is 11.8 Å². The van der Waals surface area contributed by atoms with Crippen LogP contribution in [0.3, 0.4) is 0 Å². The van der Waals surface area contributed by atoms with Crippen molar-refractivity contribution in [3.05, 3.63) is 35.9 Å². The summed E-state index contributed by atoms with van der Waals surface area (Å²) in [6.45, 7) is 2.30. The third kappa shape index (κ3) is 3.81. The monoisotopic (exact) mass is 261 g/mol. The van der Waals surface area contributed by atoms with Gasteiger partial charge in [-0.3, -0.25) is 9.59 Å². The van der Waals surface area contributed by atoms with E-state index >= 15 is 0 Å². The summed E-state index contributed by atoms with van der Waals surface area (Å²) < 4.78 is 0. The van der Waals surface area contributed by atoms with Crippen LogP contribution in [-0.2, 0) is 16.0 Å². The standard InChI is InChI=1S/C15H19NO3/c1-11-9-13(11)15(19)16(10-14(17)18)8-7-12-5-3-2-4-6-12/h2-6,11,13H,7-10H2,1H3,(H,17,18)/t11-,13+/m0/s1. The van der Waals surface area contributed by atoms with Crippen LogP contribution in [0.15, 0.2) is 30.3 Å². The van der Waals surface area contributed by atoms with Gasteiger partial charge in [-0.15, -0.1) is 0 Å². The summed E-state index contributed by atoms with van der Waals surface area (Å²) in [6, 6.07) is 9.81. The van der Waals surface area contributed by atoms with Gasteiger partial charge in [0.05, 0.1) is 0 Å². The lowest BCUT2D eigenvalue weighted by Crippen LogP contribution is -2.38. The van der Waals surface area contributed by atoms with Crippen LogP contribution in [0.25, 0.3) is 0 Å². The third-order valence-electron chi connectivity index (χ3n) is 3.58. The molecule has 1 aliphatic rings. The van der Waals surface area contributed by atoms with Gasteiger partial charge in [-0.1, -0.05) is 37.3 Å². The Balaban J connectivity index is 1.94. The average Bonchev–Trinajstić information content (AvgIpc) is 3.11. The second kappa shape index (κ2) is 5.87. The normalized spacial score (nSPS) is 20.9. The van der Waals surface area contributed by atoms with E-state index in [-0.39, 0.29) is 18.4 Å². The molecule has 19 heavy (non-hydrogen) atoms. The zero-order chi connectivity index (χ0) is 13.8. The second-order valence-electron chi connectivity index (χ2n) is 5.21. The van der Waals surface area contributed by atoms with Crippen LogP contribution in [0.4, 0.5) is 0 Å². The molecule has 102 valence electrons. The Morgan fingerprint density at radius 3 is 2.47 bits per heavy atom. The van der Waals surface area contributed by atoms with E-state index in [9.17, 15) is 9.59 Å². The predicted molar refractivity (Wildman–Crippen MR) is 71.6 cm³/mol. The molecule has 1 N–H and O–H groups in total. The molecule has 1 aromatic carbocycles. The fourth-order valence-electron chi connectivity index (χ4n) is 2.24. The number of aliphatic carboxylic acids is 1. The van der Waals surface area contributed by atoms with E-state index in [1.807, 2.05) is 37.3 Å².